The number of amides is 1. The first-order valence-electron chi connectivity index (χ1n) is 7.07. The number of nitrogens with zero attached hydrogens (tertiary/aromatic N) is 1. The molecule has 0 spiro atoms. The Bertz CT molecular complexity index is 916. The topological polar surface area (TPSA) is 106 Å². The maximum atomic E-state index is 12.4. The summed E-state index contributed by atoms with van der Waals surface area (Å²) in [6.45, 7) is 5.26. The molecule has 0 bridgehead atoms. The number of benzene rings is 1. The van der Waals surface area contributed by atoms with Gasteiger partial charge in [-0.05, 0) is 43.5 Å². The zero-order valence-electron chi connectivity index (χ0n) is 13.3. The fraction of sp³-hybridized carbons (Fsp3) is 0.267. The minimum absolute atomic E-state index is 0.162. The molecule has 0 fully saturated rings. The van der Waals surface area contributed by atoms with Crippen molar-refractivity contribution in [3.05, 3.63) is 55.3 Å². The van der Waals surface area contributed by atoms with E-state index in [0.717, 1.165) is 35.1 Å². The van der Waals surface area contributed by atoms with Crippen LogP contribution in [-0.2, 0) is 16.4 Å². The third-order valence-corrected chi connectivity index (χ3v) is 6.32. The summed E-state index contributed by atoms with van der Waals surface area (Å²) in [6, 6.07) is 5.03. The highest BCUT2D eigenvalue weighted by Gasteiger charge is 2.23. The van der Waals surface area contributed by atoms with E-state index in [0.29, 0.717) is 4.88 Å². The van der Waals surface area contributed by atoms with Crippen LogP contribution >= 0.6 is 11.3 Å². The van der Waals surface area contributed by atoms with E-state index in [1.807, 2.05) is 18.6 Å². The molecule has 128 valence electrons. The van der Waals surface area contributed by atoms with Gasteiger partial charge < -0.3 is 0 Å². The van der Waals surface area contributed by atoms with Crippen LogP contribution in [0.4, 0.5) is 5.69 Å². The molecule has 9 heteroatoms. The third kappa shape index (κ3) is 3.62. The van der Waals surface area contributed by atoms with Crippen molar-refractivity contribution in [1.29, 1.82) is 0 Å². The summed E-state index contributed by atoms with van der Waals surface area (Å²) in [5.74, 6) is -0.708. The Labute approximate surface area is 143 Å². The van der Waals surface area contributed by atoms with Crippen LogP contribution in [0.5, 0.6) is 0 Å². The van der Waals surface area contributed by atoms with Crippen molar-refractivity contribution >= 4 is 33.0 Å². The van der Waals surface area contributed by atoms with E-state index in [9.17, 15) is 23.3 Å². The lowest BCUT2D eigenvalue weighted by atomic mass is 10.2. The number of nitrogens with one attached hydrogen (secondary N) is 1. The van der Waals surface area contributed by atoms with Gasteiger partial charge in [0.2, 0.25) is 0 Å². The predicted molar refractivity (Wildman–Crippen MR) is 90.9 cm³/mol. The van der Waals surface area contributed by atoms with Crippen molar-refractivity contribution in [2.75, 3.05) is 0 Å². The van der Waals surface area contributed by atoms with Gasteiger partial charge >= 0.3 is 0 Å². The summed E-state index contributed by atoms with van der Waals surface area (Å²) in [6.07, 6.45) is 0.762. The fourth-order valence-corrected chi connectivity index (χ4v) is 4.53. The van der Waals surface area contributed by atoms with Gasteiger partial charge in [0.25, 0.3) is 21.6 Å². The van der Waals surface area contributed by atoms with E-state index in [-0.39, 0.29) is 16.1 Å². The molecule has 0 aliphatic carbocycles. The van der Waals surface area contributed by atoms with E-state index in [2.05, 4.69) is 0 Å². The van der Waals surface area contributed by atoms with Crippen LogP contribution in [0, 0.1) is 24.0 Å². The lowest BCUT2D eigenvalue weighted by Gasteiger charge is -2.08. The maximum absolute atomic E-state index is 12.4. The maximum Gasteiger partial charge on any atom is 0.275 e. The number of rotatable bonds is 5. The highest BCUT2D eigenvalue weighted by atomic mass is 32.2. The SMILES string of the molecule is CCc1sc(C(=O)NS(=O)(=O)c2ccc([N+](=O)[O-])cc2C)cc1C. The van der Waals surface area contributed by atoms with E-state index in [1.54, 1.807) is 6.07 Å². The normalized spacial score (nSPS) is 11.3. The molecule has 0 radical (unpaired) electrons. The van der Waals surface area contributed by atoms with Gasteiger partial charge in [0.15, 0.2) is 0 Å². The van der Waals surface area contributed by atoms with Crippen molar-refractivity contribution in [3.8, 4) is 0 Å². The van der Waals surface area contributed by atoms with E-state index < -0.39 is 20.9 Å². The Balaban J connectivity index is 2.30. The van der Waals surface area contributed by atoms with Gasteiger partial charge in [-0.3, -0.25) is 14.9 Å². The molecule has 0 atom stereocenters. The van der Waals surface area contributed by atoms with Crippen molar-refractivity contribution in [2.24, 2.45) is 0 Å². The lowest BCUT2D eigenvalue weighted by molar-refractivity contribution is -0.385. The van der Waals surface area contributed by atoms with E-state index in [1.165, 1.54) is 18.3 Å². The molecule has 1 amide bonds. The Hall–Kier alpha value is -2.26. The van der Waals surface area contributed by atoms with Crippen LogP contribution in [0.2, 0.25) is 0 Å². The second-order valence-electron chi connectivity index (χ2n) is 5.21. The summed E-state index contributed by atoms with van der Waals surface area (Å²) in [4.78, 5) is 23.5. The molecule has 0 aliphatic heterocycles. The molecule has 1 heterocycles. The highest BCUT2D eigenvalue weighted by molar-refractivity contribution is 7.90. The second-order valence-corrected chi connectivity index (χ2v) is 8.00. The first-order chi connectivity index (χ1) is 11.2. The van der Waals surface area contributed by atoms with Crippen LogP contribution in [0.3, 0.4) is 0 Å². The van der Waals surface area contributed by atoms with Crippen molar-refractivity contribution in [3.63, 3.8) is 0 Å². The summed E-state index contributed by atoms with van der Waals surface area (Å²) >= 11 is 1.25. The summed E-state index contributed by atoms with van der Waals surface area (Å²) in [5.41, 5.74) is 0.928. The minimum atomic E-state index is -4.11. The first kappa shape index (κ1) is 18.1. The van der Waals surface area contributed by atoms with Crippen LogP contribution < -0.4 is 4.72 Å². The van der Waals surface area contributed by atoms with Crippen molar-refractivity contribution in [2.45, 2.75) is 32.1 Å². The van der Waals surface area contributed by atoms with Gasteiger partial charge in [-0.2, -0.15) is 0 Å². The van der Waals surface area contributed by atoms with Crippen molar-refractivity contribution < 1.29 is 18.1 Å². The Kier molecular flexibility index (Phi) is 5.05. The molecule has 0 unspecified atom stereocenters. The Morgan fingerprint density at radius 2 is 1.92 bits per heavy atom. The number of carbonyl (C=O) groups is 1. The molecule has 0 aliphatic rings. The fourth-order valence-electron chi connectivity index (χ4n) is 2.26. The van der Waals surface area contributed by atoms with Gasteiger partial charge in [0.1, 0.15) is 0 Å². The van der Waals surface area contributed by atoms with Crippen LogP contribution in [-0.4, -0.2) is 19.2 Å². The number of hydrogen-bond acceptors (Lipinski definition) is 6. The highest BCUT2D eigenvalue weighted by Crippen LogP contribution is 2.24. The zero-order valence-corrected chi connectivity index (χ0v) is 15.0. The Morgan fingerprint density at radius 1 is 1.25 bits per heavy atom. The molecule has 24 heavy (non-hydrogen) atoms. The van der Waals surface area contributed by atoms with Gasteiger partial charge in [-0.25, -0.2) is 13.1 Å². The van der Waals surface area contributed by atoms with Gasteiger partial charge in [-0.1, -0.05) is 6.92 Å². The molecule has 1 aromatic carbocycles. The smallest absolute Gasteiger partial charge is 0.267 e. The number of non-ortho nitro benzene ring substituents is 1. The van der Waals surface area contributed by atoms with Gasteiger partial charge in [0, 0.05) is 17.0 Å². The van der Waals surface area contributed by atoms with Crippen molar-refractivity contribution in [1.82, 2.24) is 4.72 Å². The number of carbonyl (C=O) groups excluding carboxylic acids is 1. The summed E-state index contributed by atoms with van der Waals surface area (Å²) in [5, 5.41) is 10.7. The molecule has 1 aromatic heterocycles. The largest absolute Gasteiger partial charge is 0.275 e. The average Bonchev–Trinajstić information content (AvgIpc) is 2.87. The predicted octanol–water partition coefficient (Wildman–Crippen LogP) is 2.95. The van der Waals surface area contributed by atoms with Crippen LogP contribution in [0.25, 0.3) is 0 Å². The zero-order chi connectivity index (χ0) is 18.1. The number of nitro benzene ring substituents is 1. The van der Waals surface area contributed by atoms with E-state index in [4.69, 9.17) is 0 Å². The average molecular weight is 368 g/mol. The first-order valence-corrected chi connectivity index (χ1v) is 9.37. The Morgan fingerprint density at radius 3 is 2.42 bits per heavy atom. The molecule has 1 N–H and O–H groups in total. The third-order valence-electron chi connectivity index (χ3n) is 3.45. The lowest BCUT2D eigenvalue weighted by Crippen LogP contribution is -2.30. The van der Waals surface area contributed by atoms with Crippen LogP contribution in [0.15, 0.2) is 29.2 Å². The minimum Gasteiger partial charge on any atom is -0.267 e. The van der Waals surface area contributed by atoms with E-state index >= 15 is 0 Å². The number of aryl methyl sites for hydroxylation is 3. The quantitative estimate of drug-likeness (QED) is 0.645. The monoisotopic (exact) mass is 368 g/mol. The molecule has 2 aromatic rings. The molecule has 2 rings (SSSR count). The van der Waals surface area contributed by atoms with Crippen LogP contribution in [0.1, 0.15) is 32.6 Å². The molecule has 0 saturated heterocycles. The number of nitro groups is 1. The number of hydrogen-bond donors (Lipinski definition) is 1. The summed E-state index contributed by atoms with van der Waals surface area (Å²) in [7, 11) is -4.11. The van der Waals surface area contributed by atoms with Gasteiger partial charge in [0.05, 0.1) is 14.7 Å². The van der Waals surface area contributed by atoms with Gasteiger partial charge in [-0.15, -0.1) is 11.3 Å². The molecule has 7 nitrogen and oxygen atoms in total. The molecular weight excluding hydrogens is 352 g/mol. The molecular formula is C15H16N2O5S2. The summed E-state index contributed by atoms with van der Waals surface area (Å²) < 4.78 is 26.8. The standard InChI is InChI=1S/C15H16N2O5S2/c1-4-12-9(2)8-13(23-12)15(18)16-24(21,22)14-6-5-11(17(19)20)7-10(14)3/h5-8H,4H2,1-3H3,(H,16,18). The second kappa shape index (κ2) is 6.70. The number of thiophene rings is 1. The number of sulfonamides is 1. The molecule has 0 saturated carbocycles.